The van der Waals surface area contributed by atoms with Crippen molar-refractivity contribution in [1.82, 2.24) is 5.32 Å². The predicted octanol–water partition coefficient (Wildman–Crippen LogP) is 2.50. The Morgan fingerprint density at radius 1 is 1.18 bits per heavy atom. The van der Waals surface area contributed by atoms with Gasteiger partial charge in [-0.1, -0.05) is 18.2 Å². The van der Waals surface area contributed by atoms with Crippen LogP contribution in [-0.2, 0) is 25.6 Å². The van der Waals surface area contributed by atoms with Crippen molar-refractivity contribution in [3.63, 3.8) is 0 Å². The molecule has 1 fully saturated rings. The lowest BCUT2D eigenvalue weighted by molar-refractivity contribution is -0.159. The quantitative estimate of drug-likeness (QED) is 0.688. The number of benzene rings is 1. The van der Waals surface area contributed by atoms with E-state index in [9.17, 15) is 9.59 Å². The molecular formula is C17H21NO4. The molecule has 1 aromatic rings. The molecule has 1 aliphatic heterocycles. The minimum Gasteiger partial charge on any atom is -0.445 e. The van der Waals surface area contributed by atoms with E-state index in [4.69, 9.17) is 9.47 Å². The summed E-state index contributed by atoms with van der Waals surface area (Å²) in [6, 6.07) is 6.01. The summed E-state index contributed by atoms with van der Waals surface area (Å²) >= 11 is 0. The van der Waals surface area contributed by atoms with Crippen LogP contribution in [0.5, 0.6) is 0 Å². The van der Waals surface area contributed by atoms with Gasteiger partial charge in [0.05, 0.1) is 5.57 Å². The maximum Gasteiger partial charge on any atom is 0.377 e. The third-order valence-electron chi connectivity index (χ3n) is 3.58. The summed E-state index contributed by atoms with van der Waals surface area (Å²) < 4.78 is 10.4. The highest BCUT2D eigenvalue weighted by Crippen LogP contribution is 2.28. The summed E-state index contributed by atoms with van der Waals surface area (Å²) in [6.45, 7) is 9.25. The summed E-state index contributed by atoms with van der Waals surface area (Å²) in [5, 5.41) is 2.79. The molecule has 1 amide bonds. The molecule has 1 aromatic carbocycles. The molecule has 1 heterocycles. The van der Waals surface area contributed by atoms with Gasteiger partial charge in [0.15, 0.2) is 0 Å². The van der Waals surface area contributed by atoms with Crippen LogP contribution in [0.1, 0.15) is 37.5 Å². The molecule has 0 saturated carbocycles. The number of carbonyl (C=O) groups is 2. The number of carbonyl (C=O) groups excluding carboxylic acids is 2. The van der Waals surface area contributed by atoms with Gasteiger partial charge in [-0.2, -0.15) is 0 Å². The zero-order chi connectivity index (χ0) is 16.5. The molecule has 1 N–H and O–H groups in total. The van der Waals surface area contributed by atoms with Crippen LogP contribution in [0.4, 0.5) is 0 Å². The molecule has 22 heavy (non-hydrogen) atoms. The van der Waals surface area contributed by atoms with Crippen molar-refractivity contribution in [2.24, 2.45) is 0 Å². The Morgan fingerprint density at radius 2 is 1.86 bits per heavy atom. The Kier molecular flexibility index (Phi) is 4.26. The largest absolute Gasteiger partial charge is 0.445 e. The Bertz CT molecular complexity index is 659. The smallest absolute Gasteiger partial charge is 0.377 e. The van der Waals surface area contributed by atoms with Crippen LogP contribution in [0.15, 0.2) is 29.5 Å². The van der Waals surface area contributed by atoms with E-state index in [0.717, 1.165) is 5.56 Å². The van der Waals surface area contributed by atoms with Crippen molar-refractivity contribution in [1.29, 1.82) is 0 Å². The first kappa shape index (κ1) is 16.1. The van der Waals surface area contributed by atoms with Gasteiger partial charge in [-0.05, 0) is 37.5 Å². The maximum atomic E-state index is 12.2. The Balaban J connectivity index is 2.06. The van der Waals surface area contributed by atoms with Gasteiger partial charge in [-0.3, -0.25) is 4.79 Å². The zero-order valence-corrected chi connectivity index (χ0v) is 13.6. The van der Waals surface area contributed by atoms with Gasteiger partial charge in [-0.15, -0.1) is 0 Å². The van der Waals surface area contributed by atoms with E-state index >= 15 is 0 Å². The number of ether oxygens (including phenoxy) is 2. The van der Waals surface area contributed by atoms with E-state index < -0.39 is 11.8 Å². The molecule has 0 spiro atoms. The van der Waals surface area contributed by atoms with E-state index in [1.807, 2.05) is 32.0 Å². The first-order valence-electron chi connectivity index (χ1n) is 7.17. The van der Waals surface area contributed by atoms with Crippen LogP contribution in [0.2, 0.25) is 0 Å². The highest BCUT2D eigenvalue weighted by atomic mass is 16.8. The number of esters is 1. The molecule has 1 saturated heterocycles. The van der Waals surface area contributed by atoms with Crippen LogP contribution < -0.4 is 5.32 Å². The van der Waals surface area contributed by atoms with Gasteiger partial charge in [0, 0.05) is 20.4 Å². The fourth-order valence-electron chi connectivity index (χ4n) is 2.14. The molecule has 0 unspecified atom stereocenters. The lowest BCUT2D eigenvalue weighted by atomic mass is 10.1. The predicted molar refractivity (Wildman–Crippen MR) is 81.7 cm³/mol. The number of nitrogens with one attached hydrogen (secondary N) is 1. The maximum absolute atomic E-state index is 12.2. The SMILES string of the molecule is CC(C(=O)NCc1ccc(C)c(C)c1)=C1OC(C)(C)OC1=O. The van der Waals surface area contributed by atoms with Crippen molar-refractivity contribution in [2.45, 2.75) is 47.0 Å². The number of aryl methyl sites for hydroxylation is 2. The van der Waals surface area contributed by atoms with E-state index in [-0.39, 0.29) is 17.2 Å². The summed E-state index contributed by atoms with van der Waals surface area (Å²) in [4.78, 5) is 23.9. The topological polar surface area (TPSA) is 64.6 Å². The summed E-state index contributed by atoms with van der Waals surface area (Å²) in [7, 11) is 0. The Hall–Kier alpha value is -2.30. The third kappa shape index (κ3) is 3.47. The molecule has 0 radical (unpaired) electrons. The second-order valence-electron chi connectivity index (χ2n) is 5.95. The fraction of sp³-hybridized carbons (Fsp3) is 0.412. The van der Waals surface area contributed by atoms with Crippen LogP contribution >= 0.6 is 0 Å². The number of hydrogen-bond acceptors (Lipinski definition) is 4. The normalized spacial score (nSPS) is 18.5. The van der Waals surface area contributed by atoms with Crippen LogP contribution in [-0.4, -0.2) is 17.7 Å². The standard InChI is InChI=1S/C17H21NO4/c1-10-6-7-13(8-11(10)2)9-18-15(19)12(3)14-16(20)22-17(4,5)21-14/h6-8H,9H2,1-5H3,(H,18,19). The molecular weight excluding hydrogens is 282 g/mol. The van der Waals surface area contributed by atoms with Gasteiger partial charge < -0.3 is 14.8 Å². The first-order valence-corrected chi connectivity index (χ1v) is 7.17. The number of amides is 1. The highest BCUT2D eigenvalue weighted by molar-refractivity contribution is 6.01. The number of hydrogen-bond donors (Lipinski definition) is 1. The van der Waals surface area contributed by atoms with Crippen molar-refractivity contribution in [2.75, 3.05) is 0 Å². The molecule has 0 atom stereocenters. The summed E-state index contributed by atoms with van der Waals surface area (Å²) in [5.41, 5.74) is 3.60. The zero-order valence-electron chi connectivity index (χ0n) is 13.6. The van der Waals surface area contributed by atoms with E-state index in [0.29, 0.717) is 6.54 Å². The minimum atomic E-state index is -1.03. The molecule has 5 nitrogen and oxygen atoms in total. The molecule has 0 bridgehead atoms. The molecule has 2 rings (SSSR count). The van der Waals surface area contributed by atoms with Crippen LogP contribution in [0.25, 0.3) is 0 Å². The monoisotopic (exact) mass is 303 g/mol. The molecule has 1 aliphatic rings. The van der Waals surface area contributed by atoms with Gasteiger partial charge in [-0.25, -0.2) is 4.79 Å². The highest BCUT2D eigenvalue weighted by Gasteiger charge is 2.39. The average Bonchev–Trinajstić information content (AvgIpc) is 2.72. The minimum absolute atomic E-state index is 0.0254. The van der Waals surface area contributed by atoms with Crippen LogP contribution in [0.3, 0.4) is 0 Å². The van der Waals surface area contributed by atoms with Crippen molar-refractivity contribution in [3.05, 3.63) is 46.2 Å². The van der Waals surface area contributed by atoms with E-state index in [1.165, 1.54) is 11.1 Å². The first-order chi connectivity index (χ1) is 10.2. The fourth-order valence-corrected chi connectivity index (χ4v) is 2.14. The van der Waals surface area contributed by atoms with Crippen molar-refractivity contribution in [3.8, 4) is 0 Å². The molecule has 118 valence electrons. The second-order valence-corrected chi connectivity index (χ2v) is 5.95. The summed E-state index contributed by atoms with van der Waals surface area (Å²) in [6.07, 6.45) is 0. The number of rotatable bonds is 3. The van der Waals surface area contributed by atoms with Gasteiger partial charge in [0.1, 0.15) is 0 Å². The van der Waals surface area contributed by atoms with Crippen molar-refractivity contribution >= 4 is 11.9 Å². The Labute approximate surface area is 130 Å². The molecule has 5 heteroatoms. The third-order valence-corrected chi connectivity index (χ3v) is 3.58. The van der Waals surface area contributed by atoms with E-state index in [2.05, 4.69) is 5.32 Å². The lowest BCUT2D eigenvalue weighted by Gasteiger charge is -2.14. The Morgan fingerprint density at radius 3 is 2.41 bits per heavy atom. The van der Waals surface area contributed by atoms with E-state index in [1.54, 1.807) is 20.8 Å². The molecule has 0 aliphatic carbocycles. The summed E-state index contributed by atoms with van der Waals surface area (Å²) in [5.74, 6) is -2.00. The second kappa shape index (κ2) is 5.83. The molecule has 0 aromatic heterocycles. The van der Waals surface area contributed by atoms with Crippen molar-refractivity contribution < 1.29 is 19.1 Å². The average molecular weight is 303 g/mol. The lowest BCUT2D eigenvalue weighted by Crippen LogP contribution is -2.25. The van der Waals surface area contributed by atoms with Crippen LogP contribution in [0, 0.1) is 13.8 Å². The number of cyclic esters (lactones) is 1. The van der Waals surface area contributed by atoms with Gasteiger partial charge in [0.25, 0.3) is 5.91 Å². The van der Waals surface area contributed by atoms with Gasteiger partial charge >= 0.3 is 5.97 Å². The van der Waals surface area contributed by atoms with Gasteiger partial charge in [0.2, 0.25) is 11.5 Å².